The first-order chi connectivity index (χ1) is 15.9. The van der Waals surface area contributed by atoms with Crippen LogP contribution >= 0.6 is 0 Å². The molecule has 0 spiro atoms. The molecule has 33 heavy (non-hydrogen) atoms. The Balaban J connectivity index is 1.45. The molecule has 0 radical (unpaired) electrons. The maximum atomic E-state index is 14.7. The zero-order valence-corrected chi connectivity index (χ0v) is 19.6. The van der Waals surface area contributed by atoms with Gasteiger partial charge in [-0.15, -0.1) is 0 Å². The fourth-order valence-electron chi connectivity index (χ4n) is 5.35. The summed E-state index contributed by atoms with van der Waals surface area (Å²) in [7, 11) is 2.90. The molecule has 3 nitrogen and oxygen atoms in total. The lowest BCUT2D eigenvalue weighted by molar-refractivity contribution is -0.225. The minimum atomic E-state index is -3.54. The average Bonchev–Trinajstić information content (AvgIpc) is 2.82. The summed E-state index contributed by atoms with van der Waals surface area (Å²) in [6, 6.07) is 2.08. The van der Waals surface area contributed by atoms with E-state index >= 15 is 0 Å². The molecule has 1 aromatic rings. The Hall–Kier alpha value is -1.76. The van der Waals surface area contributed by atoms with E-state index in [1.807, 2.05) is 0 Å². The fourth-order valence-corrected chi connectivity index (χ4v) is 5.35. The van der Waals surface area contributed by atoms with Crippen LogP contribution in [0.3, 0.4) is 0 Å². The van der Waals surface area contributed by atoms with Crippen LogP contribution in [0.15, 0.2) is 24.3 Å². The minimum absolute atomic E-state index is 0.331. The molecule has 0 saturated heterocycles. The number of alkyl halides is 2. The molecule has 0 atom stereocenters. The first-order valence-corrected chi connectivity index (χ1v) is 12.1. The highest BCUT2D eigenvalue weighted by Crippen LogP contribution is 2.46. The van der Waals surface area contributed by atoms with Crippen LogP contribution in [0.5, 0.6) is 11.5 Å². The Kier molecular flexibility index (Phi) is 9.47. The van der Waals surface area contributed by atoms with Gasteiger partial charge in [0.2, 0.25) is 11.6 Å². The summed E-state index contributed by atoms with van der Waals surface area (Å²) in [4.78, 5) is 0. The number of hydrogen-bond acceptors (Lipinski definition) is 3. The predicted octanol–water partition coefficient (Wildman–Crippen LogP) is 7.54. The highest BCUT2D eigenvalue weighted by atomic mass is 19.3. The third-order valence-electron chi connectivity index (χ3n) is 7.34. The van der Waals surface area contributed by atoms with Gasteiger partial charge in [0.25, 0.3) is 0 Å². The second-order valence-electron chi connectivity index (χ2n) is 9.41. The third-order valence-corrected chi connectivity index (χ3v) is 7.34. The van der Waals surface area contributed by atoms with E-state index in [1.54, 1.807) is 7.11 Å². The Morgan fingerprint density at radius 2 is 1.45 bits per heavy atom. The summed E-state index contributed by atoms with van der Waals surface area (Å²) < 4.78 is 71.9. The van der Waals surface area contributed by atoms with Crippen molar-refractivity contribution in [1.82, 2.24) is 0 Å². The van der Waals surface area contributed by atoms with E-state index in [2.05, 4.69) is 21.6 Å². The van der Waals surface area contributed by atoms with Gasteiger partial charge in [0.15, 0.2) is 11.5 Å². The minimum Gasteiger partial charge on any atom is -0.494 e. The van der Waals surface area contributed by atoms with Gasteiger partial charge in [0.1, 0.15) is 0 Å². The summed E-state index contributed by atoms with van der Waals surface area (Å²) in [6.45, 7) is 0.787. The summed E-state index contributed by atoms with van der Waals surface area (Å²) in [5, 5.41) is 0. The molecule has 2 fully saturated rings. The van der Waals surface area contributed by atoms with Crippen molar-refractivity contribution < 1.29 is 31.8 Å². The lowest BCUT2D eigenvalue weighted by Gasteiger charge is -2.39. The van der Waals surface area contributed by atoms with Crippen molar-refractivity contribution in [2.45, 2.75) is 70.3 Å². The maximum absolute atomic E-state index is 14.7. The SMILES string of the molecule is COCCC/C=C/C1CCC(C2CCC(C(F)(F)Oc3ccc(OC)c(F)c3F)CC2)CC1. The summed E-state index contributed by atoms with van der Waals surface area (Å²) in [6.07, 6.45) is 9.86. The smallest absolute Gasteiger partial charge is 0.400 e. The number of unbranched alkanes of at least 4 members (excludes halogenated alkanes) is 1. The van der Waals surface area contributed by atoms with E-state index in [4.69, 9.17) is 4.74 Å². The van der Waals surface area contributed by atoms with E-state index in [1.165, 1.54) is 7.11 Å². The Morgan fingerprint density at radius 3 is 2.06 bits per heavy atom. The number of allylic oxidation sites excluding steroid dienone is 2. The molecule has 2 aliphatic carbocycles. The normalized spacial score (nSPS) is 26.5. The summed E-state index contributed by atoms with van der Waals surface area (Å²) in [5.74, 6) is -3.23. The zero-order valence-electron chi connectivity index (χ0n) is 19.6. The lowest BCUT2D eigenvalue weighted by Crippen LogP contribution is -2.38. The van der Waals surface area contributed by atoms with Gasteiger partial charge in [-0.1, -0.05) is 12.2 Å². The molecule has 0 aromatic heterocycles. The van der Waals surface area contributed by atoms with E-state index < -0.39 is 29.4 Å². The third kappa shape index (κ3) is 6.87. The first kappa shape index (κ1) is 25.9. The maximum Gasteiger partial charge on any atom is 0.400 e. The molecule has 186 valence electrons. The molecule has 0 unspecified atom stereocenters. The molecule has 0 amide bonds. The highest BCUT2D eigenvalue weighted by molar-refractivity contribution is 5.35. The van der Waals surface area contributed by atoms with E-state index in [-0.39, 0.29) is 5.75 Å². The van der Waals surface area contributed by atoms with Crippen LogP contribution in [-0.2, 0) is 4.74 Å². The number of methoxy groups -OCH3 is 2. The van der Waals surface area contributed by atoms with Gasteiger partial charge in [-0.3, -0.25) is 0 Å². The van der Waals surface area contributed by atoms with Gasteiger partial charge in [-0.25, -0.2) is 0 Å². The molecule has 2 aliphatic rings. The number of halogens is 4. The van der Waals surface area contributed by atoms with Gasteiger partial charge >= 0.3 is 6.11 Å². The van der Waals surface area contributed by atoms with Gasteiger partial charge in [0.05, 0.1) is 13.0 Å². The predicted molar refractivity (Wildman–Crippen MR) is 120 cm³/mol. The van der Waals surface area contributed by atoms with E-state index in [0.29, 0.717) is 30.6 Å². The number of hydrogen-bond donors (Lipinski definition) is 0. The van der Waals surface area contributed by atoms with E-state index in [0.717, 1.165) is 70.1 Å². The Labute approximate surface area is 194 Å². The molecule has 0 aliphatic heterocycles. The molecule has 7 heteroatoms. The van der Waals surface area contributed by atoms with Crippen molar-refractivity contribution >= 4 is 0 Å². The number of ether oxygens (including phenoxy) is 3. The molecular weight excluding hydrogens is 436 g/mol. The van der Waals surface area contributed by atoms with Crippen molar-refractivity contribution in [3.8, 4) is 11.5 Å². The van der Waals surface area contributed by atoms with Crippen molar-refractivity contribution in [3.63, 3.8) is 0 Å². The largest absolute Gasteiger partial charge is 0.494 e. The second kappa shape index (κ2) is 12.1. The van der Waals surface area contributed by atoms with Gasteiger partial charge in [0, 0.05) is 13.7 Å². The van der Waals surface area contributed by atoms with Crippen molar-refractivity contribution in [1.29, 1.82) is 0 Å². The summed E-state index contributed by atoms with van der Waals surface area (Å²) >= 11 is 0. The quantitative estimate of drug-likeness (QED) is 0.200. The standard InChI is InChI=1S/C26H36F4O3/c1-31-17-5-3-4-6-18-7-9-19(10-8-18)20-11-13-21(14-12-20)26(29,30)33-23-16-15-22(32-2)24(27)25(23)28/h4,6,15-16,18-21H,3,5,7-14,17H2,1-2H3/b6-4+. The van der Waals surface area contributed by atoms with Crippen LogP contribution in [0.1, 0.15) is 64.2 Å². The van der Waals surface area contributed by atoms with Crippen LogP contribution in [0.4, 0.5) is 17.6 Å². The van der Waals surface area contributed by atoms with Gasteiger partial charge < -0.3 is 14.2 Å². The van der Waals surface area contributed by atoms with Crippen LogP contribution in [0.25, 0.3) is 0 Å². The van der Waals surface area contributed by atoms with Crippen LogP contribution in [0, 0.1) is 35.3 Å². The van der Waals surface area contributed by atoms with Crippen molar-refractivity contribution in [3.05, 3.63) is 35.9 Å². The van der Waals surface area contributed by atoms with Crippen LogP contribution in [0.2, 0.25) is 0 Å². The lowest BCUT2D eigenvalue weighted by atomic mass is 9.69. The molecule has 3 rings (SSSR count). The molecule has 1 aromatic carbocycles. The Morgan fingerprint density at radius 1 is 0.879 bits per heavy atom. The molecule has 2 saturated carbocycles. The highest BCUT2D eigenvalue weighted by Gasteiger charge is 2.45. The van der Waals surface area contributed by atoms with Crippen LogP contribution in [-0.4, -0.2) is 26.9 Å². The molecule has 0 heterocycles. The Bertz CT molecular complexity index is 767. The van der Waals surface area contributed by atoms with Gasteiger partial charge in [-0.05, 0) is 94.1 Å². The number of rotatable bonds is 10. The number of benzene rings is 1. The average molecular weight is 473 g/mol. The molecule has 0 N–H and O–H groups in total. The fraction of sp³-hybridized carbons (Fsp3) is 0.692. The van der Waals surface area contributed by atoms with Crippen molar-refractivity contribution in [2.24, 2.45) is 23.7 Å². The topological polar surface area (TPSA) is 27.7 Å². The monoisotopic (exact) mass is 472 g/mol. The molecule has 0 bridgehead atoms. The zero-order chi connectivity index (χ0) is 23.8. The molecular formula is C26H36F4O3. The summed E-state index contributed by atoms with van der Waals surface area (Å²) in [5.41, 5.74) is 0. The van der Waals surface area contributed by atoms with E-state index in [9.17, 15) is 17.6 Å². The van der Waals surface area contributed by atoms with Crippen molar-refractivity contribution in [2.75, 3.05) is 20.8 Å². The second-order valence-corrected chi connectivity index (χ2v) is 9.41. The first-order valence-electron chi connectivity index (χ1n) is 12.1. The van der Waals surface area contributed by atoms with Crippen LogP contribution < -0.4 is 9.47 Å². The van der Waals surface area contributed by atoms with Gasteiger partial charge in [-0.2, -0.15) is 17.6 Å².